The Hall–Kier alpha value is -3.16. The Morgan fingerprint density at radius 1 is 1.32 bits per heavy atom. The molecule has 0 amide bonds. The van der Waals surface area contributed by atoms with Gasteiger partial charge in [-0.05, 0) is 31.5 Å². The molecule has 0 fully saturated rings. The van der Waals surface area contributed by atoms with Crippen molar-refractivity contribution in [2.75, 3.05) is 19.5 Å². The molecular formula is C21H20N4O4S2. The number of hydrogen-bond acceptors (Lipinski definition) is 8. The van der Waals surface area contributed by atoms with Gasteiger partial charge in [0.2, 0.25) is 10.8 Å². The van der Waals surface area contributed by atoms with E-state index in [1.165, 1.54) is 11.8 Å². The van der Waals surface area contributed by atoms with Crippen LogP contribution in [0.1, 0.15) is 27.0 Å². The van der Waals surface area contributed by atoms with E-state index >= 15 is 0 Å². The van der Waals surface area contributed by atoms with Crippen LogP contribution in [0, 0.1) is 13.5 Å². The van der Waals surface area contributed by atoms with E-state index in [1.807, 2.05) is 24.3 Å². The summed E-state index contributed by atoms with van der Waals surface area (Å²) in [6, 6.07) is 7.44. The van der Waals surface area contributed by atoms with Crippen molar-refractivity contribution in [3.05, 3.63) is 51.0 Å². The first kappa shape index (κ1) is 22.5. The number of ether oxygens (including phenoxy) is 2. The van der Waals surface area contributed by atoms with Crippen molar-refractivity contribution < 1.29 is 19.1 Å². The van der Waals surface area contributed by atoms with Gasteiger partial charge < -0.3 is 9.47 Å². The molecule has 1 N–H and O–H groups in total. The summed E-state index contributed by atoms with van der Waals surface area (Å²) in [5.41, 5.74) is 1.69. The molecule has 0 aliphatic carbocycles. The quantitative estimate of drug-likeness (QED) is 0.288. The normalized spacial score (nSPS) is 10.5. The molecule has 3 rings (SSSR count). The number of Topliss-reactive ketones (excluding diaryl/α,β-unsaturated/α-hetero) is 1. The van der Waals surface area contributed by atoms with Crippen molar-refractivity contribution in [2.45, 2.75) is 25.4 Å². The molecule has 2 aromatic heterocycles. The van der Waals surface area contributed by atoms with Crippen LogP contribution in [0.4, 0.5) is 5.69 Å². The lowest BCUT2D eigenvalue weighted by Gasteiger charge is -2.04. The Labute approximate surface area is 187 Å². The minimum atomic E-state index is -0.465. The molecule has 8 nitrogen and oxygen atoms in total. The average molecular weight is 457 g/mol. The van der Waals surface area contributed by atoms with Crippen molar-refractivity contribution in [3.63, 3.8) is 0 Å². The minimum Gasteiger partial charge on any atom is -0.496 e. The Bertz CT molecular complexity index is 1150. The second kappa shape index (κ2) is 10.2. The third-order valence-electron chi connectivity index (χ3n) is 4.30. The number of hydrogen-bond donors (Lipinski definition) is 1. The summed E-state index contributed by atoms with van der Waals surface area (Å²) in [7, 11) is 1.58. The average Bonchev–Trinajstić information content (AvgIpc) is 3.36. The number of carbonyl (C=O) groups excluding carboxylic acids is 2. The number of H-pyrrole nitrogens is 1. The van der Waals surface area contributed by atoms with Crippen LogP contribution in [-0.2, 0) is 16.0 Å². The number of ketones is 1. The Morgan fingerprint density at radius 2 is 2.10 bits per heavy atom. The highest BCUT2D eigenvalue weighted by Gasteiger charge is 2.22. The molecular weight excluding hydrogens is 436 g/mol. The van der Waals surface area contributed by atoms with Crippen molar-refractivity contribution in [2.24, 2.45) is 0 Å². The largest absolute Gasteiger partial charge is 0.496 e. The van der Waals surface area contributed by atoms with Gasteiger partial charge in [0.15, 0.2) is 5.82 Å². The van der Waals surface area contributed by atoms with E-state index in [-0.39, 0.29) is 24.6 Å². The number of thiophene rings is 1. The second-order valence-electron chi connectivity index (χ2n) is 6.33. The van der Waals surface area contributed by atoms with Gasteiger partial charge in [0.25, 0.3) is 0 Å². The fraction of sp³-hybridized carbons (Fsp3) is 0.286. The van der Waals surface area contributed by atoms with Gasteiger partial charge in [-0.2, -0.15) is 0 Å². The lowest BCUT2D eigenvalue weighted by atomic mass is 10.2. The van der Waals surface area contributed by atoms with Crippen LogP contribution < -0.4 is 4.74 Å². The SMILES string of the molecule is [C-]#[N+]c1c(CC(=O)CSc2n[nH]c(-c3ccccc3OC)n2)sc(C(=O)OCC)c1C. The molecule has 1 aromatic carbocycles. The number of rotatable bonds is 9. The number of thioether (sulfide) groups is 1. The Balaban J connectivity index is 1.66. The van der Waals surface area contributed by atoms with Gasteiger partial charge in [0.1, 0.15) is 16.4 Å². The van der Waals surface area contributed by atoms with Gasteiger partial charge in [-0.1, -0.05) is 23.9 Å². The summed E-state index contributed by atoms with van der Waals surface area (Å²) < 4.78 is 10.4. The molecule has 0 saturated carbocycles. The van der Waals surface area contributed by atoms with Crippen molar-refractivity contribution in [1.82, 2.24) is 15.2 Å². The van der Waals surface area contributed by atoms with Crippen molar-refractivity contribution >= 4 is 40.5 Å². The lowest BCUT2D eigenvalue weighted by Crippen LogP contribution is -2.05. The summed E-state index contributed by atoms with van der Waals surface area (Å²) in [6.07, 6.45) is 0.0689. The number of nitrogens with zero attached hydrogens (tertiary/aromatic N) is 3. The van der Waals surface area contributed by atoms with Crippen LogP contribution >= 0.6 is 23.1 Å². The van der Waals surface area contributed by atoms with Gasteiger partial charge in [0.05, 0.1) is 31.6 Å². The highest BCUT2D eigenvalue weighted by molar-refractivity contribution is 7.99. The van der Waals surface area contributed by atoms with Crippen LogP contribution in [0.15, 0.2) is 29.4 Å². The van der Waals surface area contributed by atoms with Gasteiger partial charge in [-0.3, -0.25) is 9.89 Å². The van der Waals surface area contributed by atoms with E-state index in [9.17, 15) is 9.59 Å². The number of nitrogens with one attached hydrogen (secondary N) is 1. The summed E-state index contributed by atoms with van der Waals surface area (Å²) in [6.45, 7) is 11.1. The molecule has 0 saturated heterocycles. The van der Waals surface area contributed by atoms with E-state index in [1.54, 1.807) is 21.0 Å². The number of aromatic amines is 1. The van der Waals surface area contributed by atoms with E-state index in [2.05, 4.69) is 20.0 Å². The zero-order valence-corrected chi connectivity index (χ0v) is 18.9. The summed E-state index contributed by atoms with van der Waals surface area (Å²) in [5.74, 6) is 0.814. The van der Waals surface area contributed by atoms with Crippen LogP contribution in [0.5, 0.6) is 5.75 Å². The zero-order chi connectivity index (χ0) is 22.4. The van der Waals surface area contributed by atoms with Gasteiger partial charge in [-0.25, -0.2) is 14.6 Å². The predicted molar refractivity (Wildman–Crippen MR) is 119 cm³/mol. The van der Waals surface area contributed by atoms with Crippen LogP contribution in [0.25, 0.3) is 16.2 Å². The van der Waals surface area contributed by atoms with Gasteiger partial charge >= 0.3 is 5.97 Å². The molecule has 0 aliphatic heterocycles. The molecule has 0 spiro atoms. The highest BCUT2D eigenvalue weighted by Crippen LogP contribution is 2.36. The van der Waals surface area contributed by atoms with Crippen molar-refractivity contribution in [3.8, 4) is 17.1 Å². The third-order valence-corrected chi connectivity index (χ3v) is 6.47. The number of methoxy groups -OCH3 is 1. The van der Waals surface area contributed by atoms with Crippen LogP contribution in [-0.4, -0.2) is 46.4 Å². The summed E-state index contributed by atoms with van der Waals surface area (Å²) in [5, 5.41) is 7.45. The lowest BCUT2D eigenvalue weighted by molar-refractivity contribution is -0.115. The van der Waals surface area contributed by atoms with E-state index < -0.39 is 5.97 Å². The number of para-hydroxylation sites is 1. The number of esters is 1. The van der Waals surface area contributed by atoms with E-state index in [0.717, 1.165) is 16.9 Å². The van der Waals surface area contributed by atoms with Gasteiger partial charge in [-0.15, -0.1) is 16.4 Å². The maximum Gasteiger partial charge on any atom is 0.347 e. The van der Waals surface area contributed by atoms with Crippen molar-refractivity contribution in [1.29, 1.82) is 0 Å². The van der Waals surface area contributed by atoms with Gasteiger partial charge in [0, 0.05) is 11.3 Å². The smallest absolute Gasteiger partial charge is 0.347 e. The maximum atomic E-state index is 12.5. The molecule has 10 heteroatoms. The number of benzene rings is 1. The first-order valence-electron chi connectivity index (χ1n) is 9.35. The summed E-state index contributed by atoms with van der Waals surface area (Å²) in [4.78, 5) is 33.5. The Kier molecular flexibility index (Phi) is 7.44. The van der Waals surface area contributed by atoms with E-state index in [4.69, 9.17) is 16.0 Å². The van der Waals surface area contributed by atoms with Crippen LogP contribution in [0.3, 0.4) is 0 Å². The number of carbonyl (C=O) groups is 2. The molecule has 160 valence electrons. The van der Waals surface area contributed by atoms with Crippen LogP contribution in [0.2, 0.25) is 0 Å². The molecule has 3 aromatic rings. The van der Waals surface area contributed by atoms with E-state index in [0.29, 0.717) is 37.7 Å². The molecule has 0 radical (unpaired) electrons. The second-order valence-corrected chi connectivity index (χ2v) is 8.38. The fourth-order valence-corrected chi connectivity index (χ4v) is 4.69. The molecule has 31 heavy (non-hydrogen) atoms. The summed E-state index contributed by atoms with van der Waals surface area (Å²) >= 11 is 2.35. The first-order valence-corrected chi connectivity index (χ1v) is 11.2. The molecule has 0 bridgehead atoms. The highest BCUT2D eigenvalue weighted by atomic mass is 32.2. The number of aromatic nitrogens is 3. The standard InChI is InChI=1S/C21H20N4O4S2/c1-5-29-20(27)18-12(2)17(22-3)16(31-18)10-13(26)11-30-21-23-19(24-25-21)14-8-6-7-9-15(14)28-4/h6-9H,5,10-11H2,1-2,4H3,(H,23,24,25). The zero-order valence-electron chi connectivity index (χ0n) is 17.2. The third kappa shape index (κ3) is 5.13. The fourth-order valence-electron chi connectivity index (χ4n) is 2.87. The molecule has 0 unspecified atom stereocenters. The molecule has 0 aliphatic rings. The molecule has 0 atom stereocenters. The monoisotopic (exact) mass is 456 g/mol. The first-order chi connectivity index (χ1) is 15.0. The predicted octanol–water partition coefficient (Wildman–Crippen LogP) is 4.48. The minimum absolute atomic E-state index is 0.0689. The Morgan fingerprint density at radius 3 is 2.81 bits per heavy atom. The topological polar surface area (TPSA) is 98.5 Å². The molecule has 2 heterocycles. The maximum absolute atomic E-state index is 12.5.